The highest BCUT2D eigenvalue weighted by atomic mass is 32.2. The number of nitrogens with zero attached hydrogens (tertiary/aromatic N) is 3. The van der Waals surface area contributed by atoms with E-state index in [0.29, 0.717) is 16.8 Å². The quantitative estimate of drug-likeness (QED) is 0.850. The van der Waals surface area contributed by atoms with Crippen molar-refractivity contribution in [3.63, 3.8) is 0 Å². The highest BCUT2D eigenvalue weighted by molar-refractivity contribution is 8.01. The van der Waals surface area contributed by atoms with Gasteiger partial charge in [0, 0.05) is 25.4 Å². The van der Waals surface area contributed by atoms with Crippen molar-refractivity contribution in [3.8, 4) is 0 Å². The van der Waals surface area contributed by atoms with Gasteiger partial charge in [-0.05, 0) is 25.2 Å². The minimum atomic E-state index is -0.382. The van der Waals surface area contributed by atoms with E-state index in [9.17, 15) is 4.39 Å². The van der Waals surface area contributed by atoms with Gasteiger partial charge in [-0.3, -0.25) is 0 Å². The molecule has 0 radical (unpaired) electrons. The number of anilines is 1. The van der Waals surface area contributed by atoms with Gasteiger partial charge in [-0.25, -0.2) is 14.4 Å². The Kier molecular flexibility index (Phi) is 3.11. The maximum absolute atomic E-state index is 12.8. The van der Waals surface area contributed by atoms with Gasteiger partial charge in [-0.15, -0.1) is 11.8 Å². The van der Waals surface area contributed by atoms with Crippen molar-refractivity contribution < 1.29 is 9.13 Å². The van der Waals surface area contributed by atoms with Crippen LogP contribution in [0.1, 0.15) is 19.3 Å². The number of thioether (sulfide) groups is 1. The number of ether oxygens (including phenoxy) is 1. The molecule has 2 aliphatic heterocycles. The maximum Gasteiger partial charge on any atom is 0.225 e. The number of rotatable bonds is 4. The first-order valence-corrected chi connectivity index (χ1v) is 8.19. The molecule has 1 atom stereocenters. The molecular formula is C14H18FN3OS. The van der Waals surface area contributed by atoms with E-state index >= 15 is 0 Å². The zero-order chi connectivity index (χ0) is 13.6. The van der Waals surface area contributed by atoms with Crippen LogP contribution in [0.25, 0.3) is 0 Å². The molecule has 108 valence electrons. The third-order valence-electron chi connectivity index (χ3n) is 4.29. The van der Waals surface area contributed by atoms with Gasteiger partial charge in [0.1, 0.15) is 0 Å². The lowest BCUT2D eigenvalue weighted by Crippen LogP contribution is -2.59. The maximum atomic E-state index is 12.8. The zero-order valence-corrected chi connectivity index (χ0v) is 12.1. The van der Waals surface area contributed by atoms with Crippen molar-refractivity contribution in [1.82, 2.24) is 9.97 Å². The number of hydrogen-bond donors (Lipinski definition) is 0. The van der Waals surface area contributed by atoms with Gasteiger partial charge >= 0.3 is 0 Å². The smallest absolute Gasteiger partial charge is 0.225 e. The third kappa shape index (κ3) is 2.51. The Balaban J connectivity index is 1.30. The molecule has 4 rings (SSSR count). The van der Waals surface area contributed by atoms with Crippen LogP contribution in [0.5, 0.6) is 0 Å². The van der Waals surface area contributed by atoms with Crippen molar-refractivity contribution in [1.29, 1.82) is 0 Å². The first kappa shape index (κ1) is 12.8. The molecule has 0 unspecified atom stereocenters. The van der Waals surface area contributed by atoms with Crippen LogP contribution in [0.2, 0.25) is 0 Å². The van der Waals surface area contributed by atoms with E-state index in [1.807, 2.05) is 11.8 Å². The average molecular weight is 295 g/mol. The normalized spacial score (nSPS) is 27.9. The average Bonchev–Trinajstić information content (AvgIpc) is 3.14. The van der Waals surface area contributed by atoms with Crippen LogP contribution in [-0.2, 0) is 4.74 Å². The second-order valence-electron chi connectivity index (χ2n) is 6.15. The van der Waals surface area contributed by atoms with Crippen LogP contribution in [-0.4, -0.2) is 46.3 Å². The van der Waals surface area contributed by atoms with Gasteiger partial charge < -0.3 is 9.64 Å². The molecule has 1 aromatic rings. The van der Waals surface area contributed by atoms with Crippen LogP contribution in [0, 0.1) is 11.7 Å². The Morgan fingerprint density at radius 3 is 2.80 bits per heavy atom. The molecule has 6 heteroatoms. The van der Waals surface area contributed by atoms with Gasteiger partial charge in [-0.2, -0.15) is 0 Å². The molecule has 3 aliphatic rings. The molecule has 0 aromatic carbocycles. The Bertz CT molecular complexity index is 488. The molecule has 3 fully saturated rings. The largest absolute Gasteiger partial charge is 0.377 e. The summed E-state index contributed by atoms with van der Waals surface area (Å²) in [6, 6.07) is 0. The van der Waals surface area contributed by atoms with Gasteiger partial charge in [0.2, 0.25) is 5.95 Å². The molecule has 1 saturated carbocycles. The van der Waals surface area contributed by atoms with Gasteiger partial charge in [0.05, 0.1) is 23.2 Å². The van der Waals surface area contributed by atoms with E-state index in [1.165, 1.54) is 25.2 Å². The Hall–Kier alpha value is -0.880. The minimum absolute atomic E-state index is 0.311. The minimum Gasteiger partial charge on any atom is -0.377 e. The van der Waals surface area contributed by atoms with Crippen LogP contribution in [0.4, 0.5) is 10.3 Å². The van der Waals surface area contributed by atoms with E-state index in [1.54, 1.807) is 0 Å². The molecule has 2 saturated heterocycles. The van der Waals surface area contributed by atoms with Crippen molar-refractivity contribution in [2.24, 2.45) is 5.92 Å². The highest BCUT2D eigenvalue weighted by Gasteiger charge is 2.50. The molecule has 0 N–H and O–H groups in total. The Morgan fingerprint density at radius 2 is 2.10 bits per heavy atom. The van der Waals surface area contributed by atoms with Crippen LogP contribution in [0.15, 0.2) is 12.4 Å². The predicted molar refractivity (Wildman–Crippen MR) is 76.5 cm³/mol. The first-order chi connectivity index (χ1) is 9.72. The van der Waals surface area contributed by atoms with E-state index < -0.39 is 0 Å². The van der Waals surface area contributed by atoms with Crippen molar-refractivity contribution in [2.45, 2.75) is 30.1 Å². The lowest BCUT2D eigenvalue weighted by molar-refractivity contribution is 0.0528. The lowest BCUT2D eigenvalue weighted by Gasteiger charge is -2.47. The second-order valence-corrected chi connectivity index (χ2v) is 7.64. The predicted octanol–water partition coefficient (Wildman–Crippen LogP) is 2.11. The van der Waals surface area contributed by atoms with Crippen LogP contribution in [0.3, 0.4) is 0 Å². The molecule has 1 aromatic heterocycles. The summed E-state index contributed by atoms with van der Waals surface area (Å²) >= 11 is 2.02. The summed E-state index contributed by atoms with van der Waals surface area (Å²) in [5, 5.41) is 0. The number of hydrogen-bond acceptors (Lipinski definition) is 5. The summed E-state index contributed by atoms with van der Waals surface area (Å²) in [5.41, 5.74) is 0. The molecule has 0 bridgehead atoms. The SMILES string of the molecule is Fc1cnc(N2CC3(C[C@@H](OCC4CC4)CS3)C2)nc1. The summed E-state index contributed by atoms with van der Waals surface area (Å²) in [4.78, 5) is 10.2. The molecule has 1 aliphatic carbocycles. The van der Waals surface area contributed by atoms with Crippen LogP contribution >= 0.6 is 11.8 Å². The zero-order valence-electron chi connectivity index (χ0n) is 11.3. The molecule has 0 amide bonds. The van der Waals surface area contributed by atoms with Crippen molar-refractivity contribution in [2.75, 3.05) is 30.3 Å². The van der Waals surface area contributed by atoms with Gasteiger partial charge in [-0.1, -0.05) is 0 Å². The molecule has 1 spiro atoms. The fourth-order valence-corrected chi connectivity index (χ4v) is 4.50. The van der Waals surface area contributed by atoms with E-state index in [4.69, 9.17) is 4.74 Å². The Morgan fingerprint density at radius 1 is 1.35 bits per heavy atom. The first-order valence-electron chi connectivity index (χ1n) is 7.21. The fourth-order valence-electron chi connectivity index (χ4n) is 2.95. The number of halogens is 1. The summed E-state index contributed by atoms with van der Waals surface area (Å²) in [7, 11) is 0. The Labute approximate surface area is 122 Å². The van der Waals surface area contributed by atoms with E-state index in [-0.39, 0.29) is 5.82 Å². The molecule has 20 heavy (non-hydrogen) atoms. The summed E-state index contributed by atoms with van der Waals surface area (Å²) in [5.74, 6) is 2.19. The van der Waals surface area contributed by atoms with E-state index in [2.05, 4.69) is 14.9 Å². The summed E-state index contributed by atoms with van der Waals surface area (Å²) < 4.78 is 19.1. The fraction of sp³-hybridized carbons (Fsp3) is 0.714. The van der Waals surface area contributed by atoms with Crippen molar-refractivity contribution in [3.05, 3.63) is 18.2 Å². The van der Waals surface area contributed by atoms with Crippen LogP contribution < -0.4 is 4.90 Å². The second kappa shape index (κ2) is 4.84. The lowest BCUT2D eigenvalue weighted by atomic mass is 9.93. The van der Waals surface area contributed by atoms with E-state index in [0.717, 1.165) is 37.8 Å². The number of aromatic nitrogens is 2. The molecule has 4 nitrogen and oxygen atoms in total. The van der Waals surface area contributed by atoms with Gasteiger partial charge in [0.15, 0.2) is 5.82 Å². The summed E-state index contributed by atoms with van der Waals surface area (Å²) in [6.45, 7) is 2.85. The topological polar surface area (TPSA) is 38.2 Å². The monoisotopic (exact) mass is 295 g/mol. The van der Waals surface area contributed by atoms with Gasteiger partial charge in [0.25, 0.3) is 0 Å². The standard InChI is InChI=1S/C14H18FN3OS/c15-11-4-16-13(17-5-11)18-8-14(9-18)3-12(7-20-14)19-6-10-1-2-10/h4-5,10,12H,1-3,6-9H2/t12-/m1/s1. The molecular weight excluding hydrogens is 277 g/mol. The molecule has 3 heterocycles. The highest BCUT2D eigenvalue weighted by Crippen LogP contribution is 2.47. The summed E-state index contributed by atoms with van der Waals surface area (Å²) in [6.07, 6.45) is 6.70. The third-order valence-corrected chi connectivity index (χ3v) is 5.86. The van der Waals surface area contributed by atoms with Crippen molar-refractivity contribution >= 4 is 17.7 Å².